The number of piperazine rings is 1. The number of hydrogen-bond acceptors (Lipinski definition) is 2. The topological polar surface area (TPSA) is 6.48 Å². The second-order valence-electron chi connectivity index (χ2n) is 5.81. The average Bonchev–Trinajstić information content (AvgIpc) is 2.52. The van der Waals surface area contributed by atoms with E-state index in [1.165, 1.54) is 15.6 Å². The van der Waals surface area contributed by atoms with E-state index in [9.17, 15) is 0 Å². The first-order chi connectivity index (χ1) is 10.7. The average molecular weight is 424 g/mol. The van der Waals surface area contributed by atoms with Gasteiger partial charge in [-0.3, -0.25) is 9.80 Å². The maximum Gasteiger partial charge on any atom is 0.0235 e. The molecule has 1 aliphatic rings. The van der Waals surface area contributed by atoms with Crippen LogP contribution in [0.3, 0.4) is 0 Å². The van der Waals surface area contributed by atoms with Gasteiger partial charge in [0.05, 0.1) is 0 Å². The largest absolute Gasteiger partial charge is 0.297 e. The van der Waals surface area contributed by atoms with Crippen LogP contribution < -0.4 is 0 Å². The zero-order valence-corrected chi connectivity index (χ0v) is 15.7. The molecule has 1 saturated heterocycles. The molecule has 0 N–H and O–H groups in total. The van der Waals surface area contributed by atoms with Crippen molar-refractivity contribution in [3.05, 3.63) is 68.6 Å². The Balaban J connectivity index is 1.49. The van der Waals surface area contributed by atoms with Gasteiger partial charge in [0.1, 0.15) is 0 Å². The molecule has 2 nitrogen and oxygen atoms in total. The molecule has 1 fully saturated rings. The summed E-state index contributed by atoms with van der Waals surface area (Å²) in [7, 11) is 0. The minimum absolute atomic E-state index is 1.05. The summed E-state index contributed by atoms with van der Waals surface area (Å²) >= 11 is 7.04. The Bertz CT molecular complexity index is 605. The molecule has 4 heteroatoms. The molecule has 1 aliphatic heterocycles. The minimum Gasteiger partial charge on any atom is -0.297 e. The zero-order chi connectivity index (χ0) is 15.4. The predicted octanol–water partition coefficient (Wildman–Crippen LogP) is 4.53. The molecule has 2 aromatic rings. The van der Waals surface area contributed by atoms with Crippen LogP contribution in [0.1, 0.15) is 11.1 Å². The van der Waals surface area contributed by atoms with Crippen LogP contribution in [0.25, 0.3) is 0 Å². The summed E-state index contributed by atoms with van der Waals surface area (Å²) in [6, 6.07) is 17.3. The number of benzene rings is 2. The molecule has 0 radical (unpaired) electrons. The van der Waals surface area contributed by atoms with Gasteiger partial charge in [0.2, 0.25) is 0 Å². The number of nitrogens with zero attached hydrogens (tertiary/aromatic N) is 2. The molecule has 0 aromatic heterocycles. The van der Waals surface area contributed by atoms with Crippen molar-refractivity contribution in [2.75, 3.05) is 26.2 Å². The second kappa shape index (κ2) is 7.73. The van der Waals surface area contributed by atoms with Crippen molar-refractivity contribution in [2.45, 2.75) is 13.1 Å². The highest BCUT2D eigenvalue weighted by atomic mass is 79.9. The van der Waals surface area contributed by atoms with E-state index in [4.69, 9.17) is 0 Å². The van der Waals surface area contributed by atoms with E-state index in [1.54, 1.807) is 0 Å². The first-order valence-corrected chi connectivity index (χ1v) is 9.21. The highest BCUT2D eigenvalue weighted by Gasteiger charge is 2.17. The molecular formula is C18H20Br2N2. The third kappa shape index (κ3) is 4.66. The van der Waals surface area contributed by atoms with Crippen LogP contribution in [-0.2, 0) is 13.1 Å². The quantitative estimate of drug-likeness (QED) is 0.712. The Morgan fingerprint density at radius 3 is 1.86 bits per heavy atom. The van der Waals surface area contributed by atoms with E-state index in [1.807, 2.05) is 0 Å². The van der Waals surface area contributed by atoms with Crippen LogP contribution in [-0.4, -0.2) is 36.0 Å². The van der Waals surface area contributed by atoms with Gasteiger partial charge in [-0.1, -0.05) is 56.1 Å². The second-order valence-corrected chi connectivity index (χ2v) is 7.64. The van der Waals surface area contributed by atoms with Gasteiger partial charge in [-0.15, -0.1) is 0 Å². The van der Waals surface area contributed by atoms with Crippen molar-refractivity contribution < 1.29 is 0 Å². The summed E-state index contributed by atoms with van der Waals surface area (Å²) in [5, 5.41) is 0. The minimum atomic E-state index is 1.05. The highest BCUT2D eigenvalue weighted by Crippen LogP contribution is 2.16. The van der Waals surface area contributed by atoms with Crippen molar-refractivity contribution in [1.82, 2.24) is 9.80 Å². The lowest BCUT2D eigenvalue weighted by molar-refractivity contribution is 0.122. The van der Waals surface area contributed by atoms with Crippen LogP contribution >= 0.6 is 31.9 Å². The molecule has 0 amide bonds. The third-order valence-corrected chi connectivity index (χ3v) is 5.10. The molecule has 0 saturated carbocycles. The van der Waals surface area contributed by atoms with Crippen molar-refractivity contribution in [2.24, 2.45) is 0 Å². The first-order valence-electron chi connectivity index (χ1n) is 7.63. The summed E-state index contributed by atoms with van der Waals surface area (Å²) in [6.07, 6.45) is 0. The lowest BCUT2D eigenvalue weighted by atomic mass is 10.1. The van der Waals surface area contributed by atoms with Gasteiger partial charge in [0.15, 0.2) is 0 Å². The van der Waals surface area contributed by atoms with Gasteiger partial charge in [-0.25, -0.2) is 0 Å². The molecule has 0 spiro atoms. The summed E-state index contributed by atoms with van der Waals surface area (Å²) < 4.78 is 2.31. The number of rotatable bonds is 4. The fourth-order valence-corrected chi connectivity index (χ4v) is 3.56. The summed E-state index contributed by atoms with van der Waals surface area (Å²) in [5.74, 6) is 0. The fourth-order valence-electron chi connectivity index (χ4n) is 2.85. The van der Waals surface area contributed by atoms with Crippen molar-refractivity contribution >= 4 is 31.9 Å². The summed E-state index contributed by atoms with van der Waals surface area (Å²) in [5.41, 5.74) is 2.78. The highest BCUT2D eigenvalue weighted by molar-refractivity contribution is 9.10. The Labute approximate surface area is 149 Å². The molecule has 22 heavy (non-hydrogen) atoms. The van der Waals surface area contributed by atoms with E-state index in [0.717, 1.165) is 43.7 Å². The molecule has 2 aromatic carbocycles. The molecule has 1 heterocycles. The number of hydrogen-bond donors (Lipinski definition) is 0. The first kappa shape index (κ1) is 16.2. The zero-order valence-electron chi connectivity index (χ0n) is 12.5. The lowest BCUT2D eigenvalue weighted by Crippen LogP contribution is -2.45. The van der Waals surface area contributed by atoms with Gasteiger partial charge in [0, 0.05) is 48.2 Å². The van der Waals surface area contributed by atoms with Crippen LogP contribution in [0.5, 0.6) is 0 Å². The van der Waals surface area contributed by atoms with Gasteiger partial charge in [-0.05, 0) is 35.4 Å². The van der Waals surface area contributed by atoms with Gasteiger partial charge < -0.3 is 0 Å². The van der Waals surface area contributed by atoms with E-state index in [0.29, 0.717) is 0 Å². The smallest absolute Gasteiger partial charge is 0.0235 e. The van der Waals surface area contributed by atoms with Crippen LogP contribution in [0.4, 0.5) is 0 Å². The Morgan fingerprint density at radius 1 is 0.682 bits per heavy atom. The summed E-state index contributed by atoms with van der Waals surface area (Å²) in [6.45, 7) is 6.67. The van der Waals surface area contributed by atoms with E-state index < -0.39 is 0 Å². The molecule has 116 valence electrons. The van der Waals surface area contributed by atoms with E-state index >= 15 is 0 Å². The molecular weight excluding hydrogens is 404 g/mol. The monoisotopic (exact) mass is 422 g/mol. The standard InChI is InChI=1S/C18H20Br2N2/c19-17-6-4-15(5-7-17)13-21-8-10-22(11-9-21)14-16-2-1-3-18(20)12-16/h1-7,12H,8-11,13-14H2. The van der Waals surface area contributed by atoms with Gasteiger partial charge >= 0.3 is 0 Å². The van der Waals surface area contributed by atoms with Crippen molar-refractivity contribution in [1.29, 1.82) is 0 Å². The van der Waals surface area contributed by atoms with E-state index in [-0.39, 0.29) is 0 Å². The normalized spacial score (nSPS) is 16.8. The van der Waals surface area contributed by atoms with Crippen LogP contribution in [0.2, 0.25) is 0 Å². The Kier molecular flexibility index (Phi) is 5.69. The number of halogens is 2. The molecule has 0 atom stereocenters. The SMILES string of the molecule is Brc1ccc(CN2CCN(Cc3cccc(Br)c3)CC2)cc1. The summed E-state index contributed by atoms with van der Waals surface area (Å²) in [4.78, 5) is 5.08. The Morgan fingerprint density at radius 2 is 1.27 bits per heavy atom. The van der Waals surface area contributed by atoms with Gasteiger partial charge in [-0.2, -0.15) is 0 Å². The Hall–Kier alpha value is -0.680. The van der Waals surface area contributed by atoms with Gasteiger partial charge in [0.25, 0.3) is 0 Å². The molecule has 3 rings (SSSR count). The maximum atomic E-state index is 3.55. The predicted molar refractivity (Wildman–Crippen MR) is 98.8 cm³/mol. The molecule has 0 aliphatic carbocycles. The van der Waals surface area contributed by atoms with E-state index in [2.05, 4.69) is 90.2 Å². The third-order valence-electron chi connectivity index (χ3n) is 4.08. The van der Waals surface area contributed by atoms with Crippen LogP contribution in [0.15, 0.2) is 57.5 Å². The van der Waals surface area contributed by atoms with Crippen molar-refractivity contribution in [3.8, 4) is 0 Å². The fraction of sp³-hybridized carbons (Fsp3) is 0.333. The molecule has 0 unspecified atom stereocenters. The lowest BCUT2D eigenvalue weighted by Gasteiger charge is -2.34. The maximum absolute atomic E-state index is 3.55. The van der Waals surface area contributed by atoms with Crippen molar-refractivity contribution in [3.63, 3.8) is 0 Å². The molecule has 0 bridgehead atoms. The van der Waals surface area contributed by atoms with Crippen LogP contribution in [0, 0.1) is 0 Å².